The lowest BCUT2D eigenvalue weighted by Crippen LogP contribution is -2.32. The number of benzene rings is 7. The maximum atomic E-state index is 10.0. The first kappa shape index (κ1) is 25.2. The van der Waals surface area contributed by atoms with Gasteiger partial charge in [-0.25, -0.2) is 0 Å². The van der Waals surface area contributed by atoms with E-state index in [1.807, 2.05) is 17.8 Å². The molecule has 1 nitrogen and oxygen atoms in total. The second-order valence-electron chi connectivity index (χ2n) is 11.5. The maximum Gasteiger partial charge on any atom is 0.0991 e. The topological polar surface area (TPSA) is 23.8 Å². The van der Waals surface area contributed by atoms with Crippen molar-refractivity contribution in [3.05, 3.63) is 179 Å². The third-order valence-corrected chi connectivity index (χ3v) is 10.5. The van der Waals surface area contributed by atoms with E-state index in [2.05, 4.69) is 152 Å². The minimum atomic E-state index is -0.522. The van der Waals surface area contributed by atoms with E-state index in [0.29, 0.717) is 5.56 Å². The lowest BCUT2D eigenvalue weighted by Gasteiger charge is -2.39. The minimum absolute atomic E-state index is 0.522. The lowest BCUT2D eigenvalue weighted by molar-refractivity contribution is 0.722. The number of hydrogen-bond donors (Lipinski definition) is 0. The van der Waals surface area contributed by atoms with Gasteiger partial charge in [0.25, 0.3) is 0 Å². The van der Waals surface area contributed by atoms with Crippen LogP contribution in [0.25, 0.3) is 44.2 Å². The second-order valence-corrected chi connectivity index (χ2v) is 12.6. The first-order chi connectivity index (χ1) is 21.8. The summed E-state index contributed by atoms with van der Waals surface area (Å²) in [6.45, 7) is 0. The van der Waals surface area contributed by atoms with Crippen LogP contribution in [0.1, 0.15) is 27.8 Å². The summed E-state index contributed by atoms with van der Waals surface area (Å²) in [4.78, 5) is 2.52. The smallest absolute Gasteiger partial charge is 0.0991 e. The van der Waals surface area contributed by atoms with Gasteiger partial charge in [-0.2, -0.15) is 5.26 Å². The Morgan fingerprint density at radius 2 is 0.955 bits per heavy atom. The van der Waals surface area contributed by atoms with Crippen molar-refractivity contribution in [1.29, 1.82) is 5.26 Å². The maximum absolute atomic E-state index is 10.0. The van der Waals surface area contributed by atoms with Crippen LogP contribution in [-0.4, -0.2) is 0 Å². The van der Waals surface area contributed by atoms with Crippen LogP contribution < -0.4 is 0 Å². The van der Waals surface area contributed by atoms with E-state index in [0.717, 1.165) is 0 Å². The summed E-state index contributed by atoms with van der Waals surface area (Å²) in [6, 6.07) is 57.2. The van der Waals surface area contributed by atoms with E-state index < -0.39 is 5.41 Å². The Balaban J connectivity index is 1.36. The van der Waals surface area contributed by atoms with Crippen molar-refractivity contribution in [2.24, 2.45) is 0 Å². The number of nitrogens with zero attached hydrogens (tertiary/aromatic N) is 1. The molecule has 0 aromatic heterocycles. The fraction of sp³-hybridized carbons (Fsp3) is 0.0238. The van der Waals surface area contributed by atoms with Crippen molar-refractivity contribution >= 4 is 22.5 Å². The zero-order valence-electron chi connectivity index (χ0n) is 23.8. The normalized spacial score (nSPS) is 13.5. The number of hydrogen-bond acceptors (Lipinski definition) is 2. The van der Waals surface area contributed by atoms with Crippen LogP contribution in [-0.2, 0) is 5.41 Å². The minimum Gasteiger partial charge on any atom is -0.192 e. The molecule has 1 aliphatic carbocycles. The van der Waals surface area contributed by atoms with Crippen LogP contribution in [0.4, 0.5) is 0 Å². The van der Waals surface area contributed by atoms with E-state index in [1.54, 1.807) is 0 Å². The van der Waals surface area contributed by atoms with Crippen molar-refractivity contribution in [2.75, 3.05) is 0 Å². The Morgan fingerprint density at radius 1 is 0.432 bits per heavy atom. The molecule has 0 amide bonds. The molecule has 0 saturated carbocycles. The van der Waals surface area contributed by atoms with Gasteiger partial charge < -0.3 is 0 Å². The second kappa shape index (κ2) is 9.58. The van der Waals surface area contributed by atoms with Gasteiger partial charge in [0.2, 0.25) is 0 Å². The highest BCUT2D eigenvalue weighted by molar-refractivity contribution is 7.99. The molecule has 0 radical (unpaired) electrons. The van der Waals surface area contributed by atoms with E-state index in [1.165, 1.54) is 76.2 Å². The van der Waals surface area contributed by atoms with Crippen molar-refractivity contribution in [3.8, 4) is 39.4 Å². The highest BCUT2D eigenvalue weighted by Gasteiger charge is 2.50. The van der Waals surface area contributed by atoms with Crippen molar-refractivity contribution < 1.29 is 0 Å². The largest absolute Gasteiger partial charge is 0.192 e. The van der Waals surface area contributed by atoms with Crippen LogP contribution in [0.2, 0.25) is 0 Å². The average Bonchev–Trinajstić information content (AvgIpc) is 3.37. The highest BCUT2D eigenvalue weighted by Crippen LogP contribution is 2.62. The Hall–Kier alpha value is -5.36. The molecule has 0 fully saturated rings. The van der Waals surface area contributed by atoms with Gasteiger partial charge in [-0.1, -0.05) is 133 Å². The van der Waals surface area contributed by atoms with Gasteiger partial charge >= 0.3 is 0 Å². The highest BCUT2D eigenvalue weighted by atomic mass is 32.2. The van der Waals surface area contributed by atoms with Crippen LogP contribution in [0.15, 0.2) is 161 Å². The number of fused-ring (bicyclic) bond motifs is 10. The predicted octanol–water partition coefficient (Wildman–Crippen LogP) is 10.9. The van der Waals surface area contributed by atoms with Crippen LogP contribution >= 0.6 is 11.8 Å². The quantitative estimate of drug-likeness (QED) is 0.205. The van der Waals surface area contributed by atoms with Gasteiger partial charge in [0.05, 0.1) is 17.0 Å². The summed E-state index contributed by atoms with van der Waals surface area (Å²) < 4.78 is 0. The summed E-state index contributed by atoms with van der Waals surface area (Å²) >= 11 is 1.84. The Morgan fingerprint density at radius 3 is 1.61 bits per heavy atom. The molecular weight excluding hydrogens is 551 g/mol. The molecule has 1 spiro atoms. The van der Waals surface area contributed by atoms with E-state index in [9.17, 15) is 5.26 Å². The monoisotopic (exact) mass is 575 g/mol. The van der Waals surface area contributed by atoms with Crippen LogP contribution in [0.3, 0.4) is 0 Å². The number of nitriles is 1. The van der Waals surface area contributed by atoms with Crippen LogP contribution in [0.5, 0.6) is 0 Å². The molecule has 0 bridgehead atoms. The standard InChI is InChI=1S/C42H25NS/c43-26-27-18-20-34-35-21-19-29(31-23-22-30(28-10-2-1-3-11-28)32-12-4-5-13-33(31)32)25-39(35)42(38(34)24-27)36-14-6-8-16-40(36)44-41-17-9-7-15-37(41)42/h1-25H. The Labute approximate surface area is 261 Å². The SMILES string of the molecule is N#Cc1ccc2c(c1)C1(c3ccccc3Sc3ccccc31)c1cc(-c3ccc(-c4ccccc4)c4ccccc34)ccc1-2. The molecule has 2 heteroatoms. The molecular formula is C42H25NS. The summed E-state index contributed by atoms with van der Waals surface area (Å²) in [5, 5.41) is 12.5. The third kappa shape index (κ3) is 3.42. The van der Waals surface area contributed by atoms with E-state index in [-0.39, 0.29) is 0 Å². The summed E-state index contributed by atoms with van der Waals surface area (Å²) in [5.41, 5.74) is 12.5. The van der Waals surface area contributed by atoms with Crippen molar-refractivity contribution in [3.63, 3.8) is 0 Å². The first-order valence-electron chi connectivity index (χ1n) is 14.9. The molecule has 0 saturated heterocycles. The van der Waals surface area contributed by atoms with Gasteiger partial charge in [-0.15, -0.1) is 0 Å². The molecule has 2 aliphatic rings. The van der Waals surface area contributed by atoms with Gasteiger partial charge in [0.1, 0.15) is 0 Å². The summed E-state index contributed by atoms with van der Waals surface area (Å²) in [6.07, 6.45) is 0. The van der Waals surface area contributed by atoms with Crippen molar-refractivity contribution in [2.45, 2.75) is 15.2 Å². The van der Waals surface area contributed by atoms with Gasteiger partial charge in [0.15, 0.2) is 0 Å². The Kier molecular flexibility index (Phi) is 5.48. The molecule has 1 aliphatic heterocycles. The number of rotatable bonds is 2. The third-order valence-electron chi connectivity index (χ3n) is 9.39. The lowest BCUT2D eigenvalue weighted by atomic mass is 9.67. The molecule has 0 unspecified atom stereocenters. The molecule has 0 atom stereocenters. The fourth-order valence-corrected chi connectivity index (χ4v) is 8.75. The van der Waals surface area contributed by atoms with Gasteiger partial charge in [0, 0.05) is 9.79 Å². The first-order valence-corrected chi connectivity index (χ1v) is 15.7. The van der Waals surface area contributed by atoms with Gasteiger partial charge in [-0.05, 0) is 96.7 Å². The predicted molar refractivity (Wildman–Crippen MR) is 181 cm³/mol. The Bertz CT molecular complexity index is 2280. The summed E-state index contributed by atoms with van der Waals surface area (Å²) in [5.74, 6) is 0. The van der Waals surface area contributed by atoms with Crippen molar-refractivity contribution in [1.82, 2.24) is 0 Å². The zero-order chi connectivity index (χ0) is 29.3. The molecule has 7 aromatic carbocycles. The molecule has 0 N–H and O–H groups in total. The zero-order valence-corrected chi connectivity index (χ0v) is 24.6. The molecule has 204 valence electrons. The molecule has 7 aromatic rings. The van der Waals surface area contributed by atoms with E-state index >= 15 is 0 Å². The van der Waals surface area contributed by atoms with Crippen LogP contribution in [0, 0.1) is 11.3 Å². The fourth-order valence-electron chi connectivity index (χ4n) is 7.56. The molecule has 1 heterocycles. The van der Waals surface area contributed by atoms with Gasteiger partial charge in [-0.3, -0.25) is 0 Å². The summed E-state index contributed by atoms with van der Waals surface area (Å²) in [7, 11) is 0. The van der Waals surface area contributed by atoms with E-state index in [4.69, 9.17) is 0 Å². The molecule has 44 heavy (non-hydrogen) atoms. The average molecular weight is 576 g/mol. The molecule has 9 rings (SSSR count).